The molecular weight excluding hydrogens is 480 g/mol. The highest BCUT2D eigenvalue weighted by Crippen LogP contribution is 2.44. The molecule has 4 heterocycles. The number of ether oxygens (including phenoxy) is 1. The molecule has 2 bridgehead atoms. The van der Waals surface area contributed by atoms with Crippen LogP contribution in [0.25, 0.3) is 21.7 Å². The summed E-state index contributed by atoms with van der Waals surface area (Å²) in [5.74, 6) is 1.62. The number of fused-ring (bicyclic) bond motifs is 5. The highest BCUT2D eigenvalue weighted by molar-refractivity contribution is 7.91. The Morgan fingerprint density at radius 3 is 2.70 bits per heavy atom. The molecule has 0 N–H and O–H groups in total. The van der Waals surface area contributed by atoms with Crippen molar-refractivity contribution in [2.45, 2.75) is 29.7 Å². The molecule has 190 valence electrons. The predicted octanol–water partition coefficient (Wildman–Crippen LogP) is 5.85. The van der Waals surface area contributed by atoms with E-state index in [2.05, 4.69) is 22.5 Å². The predicted molar refractivity (Wildman–Crippen MR) is 149 cm³/mol. The van der Waals surface area contributed by atoms with Gasteiger partial charge in [-0.15, -0.1) is 6.58 Å². The summed E-state index contributed by atoms with van der Waals surface area (Å²) >= 11 is 0. The van der Waals surface area contributed by atoms with Crippen LogP contribution in [0.15, 0.2) is 90.5 Å². The maximum atomic E-state index is 14.0. The molecule has 0 spiro atoms. The third-order valence-corrected chi connectivity index (χ3v) is 10.2. The molecule has 7 rings (SSSR count). The molecule has 0 radical (unpaired) electrons. The molecule has 3 unspecified atom stereocenters. The van der Waals surface area contributed by atoms with Crippen LogP contribution in [-0.2, 0) is 9.84 Å². The van der Waals surface area contributed by atoms with Gasteiger partial charge in [0.15, 0.2) is 9.84 Å². The van der Waals surface area contributed by atoms with Crippen LogP contribution < -0.4 is 4.74 Å². The minimum Gasteiger partial charge on any atom is -0.497 e. The first-order valence-corrected chi connectivity index (χ1v) is 14.6. The van der Waals surface area contributed by atoms with Crippen molar-refractivity contribution in [2.75, 3.05) is 26.0 Å². The maximum absolute atomic E-state index is 14.0. The number of piperidine rings is 3. The van der Waals surface area contributed by atoms with Crippen molar-refractivity contribution in [3.63, 3.8) is 0 Å². The zero-order chi connectivity index (χ0) is 25.6. The third-order valence-electron chi connectivity index (χ3n) is 8.48. The smallest absolute Gasteiger partial charge is 0.179 e. The van der Waals surface area contributed by atoms with E-state index in [4.69, 9.17) is 4.74 Å². The summed E-state index contributed by atoms with van der Waals surface area (Å²) in [6.45, 7) is 6.01. The van der Waals surface area contributed by atoms with Gasteiger partial charge < -0.3 is 4.74 Å². The van der Waals surface area contributed by atoms with Crippen molar-refractivity contribution in [3.05, 3.63) is 91.1 Å². The average molecular weight is 513 g/mol. The molecule has 3 aliphatic rings. The molecule has 0 amide bonds. The fourth-order valence-corrected chi connectivity index (χ4v) is 8.14. The van der Waals surface area contributed by atoms with Gasteiger partial charge in [-0.1, -0.05) is 36.4 Å². The van der Waals surface area contributed by atoms with Gasteiger partial charge in [0, 0.05) is 30.1 Å². The third kappa shape index (κ3) is 4.42. The van der Waals surface area contributed by atoms with E-state index in [1.54, 1.807) is 13.2 Å². The van der Waals surface area contributed by atoms with E-state index in [0.29, 0.717) is 16.7 Å². The Kier molecular flexibility index (Phi) is 6.25. The molecule has 1 aromatic heterocycles. The van der Waals surface area contributed by atoms with Crippen LogP contribution in [0.5, 0.6) is 5.75 Å². The van der Waals surface area contributed by atoms with Gasteiger partial charge >= 0.3 is 0 Å². The Labute approximate surface area is 218 Å². The van der Waals surface area contributed by atoms with Crippen LogP contribution in [0, 0.1) is 11.8 Å². The standard InChI is InChI=1S/C31H32N2O3S/c1-3-21-19-33-15-13-24(21)17-31(33)29(27-12-14-32-30-11-9-25(36-2)18-28(27)30)20-37(34,35)26-10-8-22-6-4-5-7-23(22)16-26/h3-12,14,16,18,21,24,29,31H,1,13,15,17,19-20H2,2H3/t21?,24?,29-,31-/m0/s1. The molecule has 4 aromatic rings. The average Bonchev–Trinajstić information content (AvgIpc) is 2.95. The number of nitrogens with zero attached hydrogens (tertiary/aromatic N) is 2. The summed E-state index contributed by atoms with van der Waals surface area (Å²) in [7, 11) is -1.91. The monoisotopic (exact) mass is 512 g/mol. The van der Waals surface area contributed by atoms with E-state index in [1.807, 2.05) is 66.9 Å². The quantitative estimate of drug-likeness (QED) is 0.291. The summed E-state index contributed by atoms with van der Waals surface area (Å²) in [6, 6.07) is 21.4. The maximum Gasteiger partial charge on any atom is 0.179 e. The summed E-state index contributed by atoms with van der Waals surface area (Å²) in [5.41, 5.74) is 1.88. The van der Waals surface area contributed by atoms with Crippen molar-refractivity contribution in [3.8, 4) is 5.75 Å². The first-order chi connectivity index (χ1) is 18.0. The van der Waals surface area contributed by atoms with Gasteiger partial charge in [0.25, 0.3) is 0 Å². The molecule has 5 nitrogen and oxygen atoms in total. The Bertz CT molecular complexity index is 1580. The number of sulfone groups is 1. The van der Waals surface area contributed by atoms with E-state index in [0.717, 1.165) is 58.9 Å². The molecular formula is C31H32N2O3S. The van der Waals surface area contributed by atoms with Crippen molar-refractivity contribution >= 4 is 31.5 Å². The lowest BCUT2D eigenvalue weighted by atomic mass is 9.71. The molecule has 3 fully saturated rings. The fraction of sp³-hybridized carbons (Fsp3) is 0.323. The molecule has 3 saturated heterocycles. The molecule has 6 heteroatoms. The second-order valence-corrected chi connectivity index (χ2v) is 12.5. The van der Waals surface area contributed by atoms with E-state index in [9.17, 15) is 8.42 Å². The lowest BCUT2D eigenvalue weighted by molar-refractivity contribution is 0.00969. The van der Waals surface area contributed by atoms with Crippen LogP contribution in [0.1, 0.15) is 24.3 Å². The largest absolute Gasteiger partial charge is 0.497 e. The number of hydrogen-bond donors (Lipinski definition) is 0. The van der Waals surface area contributed by atoms with Crippen LogP contribution in [0.3, 0.4) is 0 Å². The second kappa shape index (κ2) is 9.58. The fourth-order valence-electron chi connectivity index (χ4n) is 6.49. The zero-order valence-corrected chi connectivity index (χ0v) is 21.9. The molecule has 3 aromatic carbocycles. The first-order valence-electron chi connectivity index (χ1n) is 13.0. The van der Waals surface area contributed by atoms with Gasteiger partial charge in [-0.25, -0.2) is 8.42 Å². The number of methoxy groups -OCH3 is 1. The summed E-state index contributed by atoms with van der Waals surface area (Å²) < 4.78 is 33.6. The molecule has 5 atom stereocenters. The van der Waals surface area contributed by atoms with Crippen LogP contribution in [0.4, 0.5) is 0 Å². The van der Waals surface area contributed by atoms with Gasteiger partial charge in [0.05, 0.1) is 23.3 Å². The van der Waals surface area contributed by atoms with Gasteiger partial charge in [0.2, 0.25) is 0 Å². The first kappa shape index (κ1) is 24.1. The summed E-state index contributed by atoms with van der Waals surface area (Å²) in [6.07, 6.45) is 6.01. The van der Waals surface area contributed by atoms with E-state index < -0.39 is 9.84 Å². The summed E-state index contributed by atoms with van der Waals surface area (Å²) in [4.78, 5) is 7.46. The Hall–Kier alpha value is -3.22. The van der Waals surface area contributed by atoms with E-state index in [-0.39, 0.29) is 17.7 Å². The van der Waals surface area contributed by atoms with Crippen LogP contribution in [-0.4, -0.2) is 50.3 Å². The molecule has 0 saturated carbocycles. The number of pyridine rings is 1. The normalized spacial score (nSPS) is 24.2. The number of benzene rings is 3. The van der Waals surface area contributed by atoms with Crippen molar-refractivity contribution in [2.24, 2.45) is 11.8 Å². The molecule has 3 aliphatic heterocycles. The van der Waals surface area contributed by atoms with Gasteiger partial charge in [-0.05, 0) is 84.0 Å². The van der Waals surface area contributed by atoms with E-state index >= 15 is 0 Å². The second-order valence-electron chi connectivity index (χ2n) is 10.4. The minimum atomic E-state index is -3.57. The van der Waals surface area contributed by atoms with Gasteiger partial charge in [0.1, 0.15) is 5.75 Å². The lowest BCUT2D eigenvalue weighted by Crippen LogP contribution is -2.55. The zero-order valence-electron chi connectivity index (χ0n) is 21.1. The highest BCUT2D eigenvalue weighted by atomic mass is 32.2. The van der Waals surface area contributed by atoms with Crippen molar-refractivity contribution in [1.29, 1.82) is 0 Å². The van der Waals surface area contributed by atoms with Gasteiger partial charge in [-0.3, -0.25) is 9.88 Å². The highest BCUT2D eigenvalue weighted by Gasteiger charge is 2.44. The minimum absolute atomic E-state index is 0.0499. The number of aromatic nitrogens is 1. The Balaban J connectivity index is 1.45. The summed E-state index contributed by atoms with van der Waals surface area (Å²) in [5, 5.41) is 2.94. The molecule has 37 heavy (non-hydrogen) atoms. The Morgan fingerprint density at radius 2 is 1.95 bits per heavy atom. The Morgan fingerprint density at radius 1 is 1.11 bits per heavy atom. The van der Waals surface area contributed by atoms with E-state index in [1.165, 1.54) is 0 Å². The number of hydrogen-bond acceptors (Lipinski definition) is 5. The van der Waals surface area contributed by atoms with Gasteiger partial charge in [-0.2, -0.15) is 0 Å². The van der Waals surface area contributed by atoms with Crippen molar-refractivity contribution < 1.29 is 13.2 Å². The van der Waals surface area contributed by atoms with Crippen molar-refractivity contribution in [1.82, 2.24) is 9.88 Å². The SMILES string of the molecule is C=CC1CN2CCC1C[C@H]2[C@@H](CS(=O)(=O)c1ccc2ccccc2c1)c1ccnc2ccc(OC)cc12. The number of rotatable bonds is 7. The lowest BCUT2D eigenvalue weighted by Gasteiger charge is -2.51. The topological polar surface area (TPSA) is 59.5 Å². The van der Waals surface area contributed by atoms with Crippen LogP contribution in [0.2, 0.25) is 0 Å². The van der Waals surface area contributed by atoms with Crippen LogP contribution >= 0.6 is 0 Å². The molecule has 0 aliphatic carbocycles.